The Morgan fingerprint density at radius 1 is 1.19 bits per heavy atom. The van der Waals surface area contributed by atoms with E-state index in [2.05, 4.69) is 64.8 Å². The van der Waals surface area contributed by atoms with Crippen LogP contribution in [0.4, 0.5) is 11.6 Å². The number of fused-ring (bicyclic) bond motifs is 1. The van der Waals surface area contributed by atoms with Crippen molar-refractivity contribution < 1.29 is 9.47 Å². The van der Waals surface area contributed by atoms with E-state index in [1.807, 2.05) is 12.1 Å². The SMILES string of the molecule is COc1cc(-c2ccc3c(c2Nc2nc(S)nn2COCC[Si](C)(C)C)CCC3)ccn1. The Morgan fingerprint density at radius 2 is 2.03 bits per heavy atom. The minimum atomic E-state index is -1.15. The molecule has 0 bridgehead atoms. The predicted octanol–water partition coefficient (Wildman–Crippen LogP) is 5.18. The molecule has 0 atom stereocenters. The van der Waals surface area contributed by atoms with Gasteiger partial charge in [0.2, 0.25) is 17.0 Å². The summed E-state index contributed by atoms with van der Waals surface area (Å²) < 4.78 is 13.0. The van der Waals surface area contributed by atoms with Crippen molar-refractivity contribution >= 4 is 32.3 Å². The highest BCUT2D eigenvalue weighted by Gasteiger charge is 2.21. The maximum absolute atomic E-state index is 5.92. The van der Waals surface area contributed by atoms with E-state index in [0.29, 0.717) is 23.7 Å². The second-order valence-corrected chi connectivity index (χ2v) is 15.3. The first-order valence-electron chi connectivity index (χ1n) is 11.0. The van der Waals surface area contributed by atoms with Crippen LogP contribution in [0.25, 0.3) is 11.1 Å². The van der Waals surface area contributed by atoms with Gasteiger partial charge in [0.1, 0.15) is 6.73 Å². The molecule has 0 spiro atoms. The maximum Gasteiger partial charge on any atom is 0.228 e. The molecule has 0 radical (unpaired) electrons. The van der Waals surface area contributed by atoms with Gasteiger partial charge in [-0.1, -0.05) is 31.8 Å². The molecule has 0 unspecified atom stereocenters. The van der Waals surface area contributed by atoms with Crippen molar-refractivity contribution in [2.75, 3.05) is 19.0 Å². The highest BCUT2D eigenvalue weighted by molar-refractivity contribution is 7.80. The fourth-order valence-electron chi connectivity index (χ4n) is 3.89. The standard InChI is InChI=1S/C23H31N5O2SSi/c1-29-20-14-17(10-11-24-20)19-9-8-16-6-5-7-18(16)21(19)25-22-26-23(31)27-28(22)15-30-12-13-32(2,3)4/h8-11,14H,5-7,12-13,15H2,1-4H3,(H2,25,26,27,31). The third-order valence-corrected chi connectivity index (χ3v) is 7.54. The van der Waals surface area contributed by atoms with Gasteiger partial charge >= 0.3 is 0 Å². The second-order valence-electron chi connectivity index (χ2n) is 9.27. The molecule has 0 fully saturated rings. The molecule has 1 aromatic carbocycles. The molecule has 2 heterocycles. The zero-order chi connectivity index (χ0) is 22.7. The fourth-order valence-corrected chi connectivity index (χ4v) is 4.85. The average Bonchev–Trinajstić information content (AvgIpc) is 3.37. The monoisotopic (exact) mass is 469 g/mol. The summed E-state index contributed by atoms with van der Waals surface area (Å²) in [5.74, 6) is 1.22. The smallest absolute Gasteiger partial charge is 0.228 e. The van der Waals surface area contributed by atoms with Crippen LogP contribution in [0.1, 0.15) is 17.5 Å². The number of anilines is 2. The molecule has 0 amide bonds. The zero-order valence-electron chi connectivity index (χ0n) is 19.2. The first kappa shape index (κ1) is 22.8. The highest BCUT2D eigenvalue weighted by Crippen LogP contribution is 2.39. The van der Waals surface area contributed by atoms with Crippen molar-refractivity contribution in [3.8, 4) is 17.0 Å². The second kappa shape index (κ2) is 9.64. The number of aromatic nitrogens is 4. The number of ether oxygens (including phenoxy) is 2. The highest BCUT2D eigenvalue weighted by atomic mass is 32.1. The van der Waals surface area contributed by atoms with Crippen LogP contribution in [-0.2, 0) is 24.3 Å². The molecule has 1 N–H and O–H groups in total. The van der Waals surface area contributed by atoms with Crippen molar-refractivity contribution in [1.29, 1.82) is 0 Å². The van der Waals surface area contributed by atoms with Gasteiger partial charge in [0.15, 0.2) is 0 Å². The fraction of sp³-hybridized carbons (Fsp3) is 0.435. The van der Waals surface area contributed by atoms with E-state index in [0.717, 1.165) is 48.7 Å². The van der Waals surface area contributed by atoms with Crippen LogP contribution in [-0.4, -0.2) is 41.5 Å². The normalized spacial score (nSPS) is 13.3. The van der Waals surface area contributed by atoms with Crippen LogP contribution in [0, 0.1) is 0 Å². The summed E-state index contributed by atoms with van der Waals surface area (Å²) >= 11 is 4.38. The first-order chi connectivity index (χ1) is 15.3. The van der Waals surface area contributed by atoms with Crippen molar-refractivity contribution in [3.63, 3.8) is 0 Å². The van der Waals surface area contributed by atoms with Gasteiger partial charge in [0.25, 0.3) is 0 Å². The average molecular weight is 470 g/mol. The number of pyridine rings is 1. The number of thiol groups is 1. The lowest BCUT2D eigenvalue weighted by Crippen LogP contribution is -2.22. The van der Waals surface area contributed by atoms with Gasteiger partial charge in [0, 0.05) is 32.5 Å². The molecule has 4 rings (SSSR count). The molecule has 0 saturated carbocycles. The summed E-state index contributed by atoms with van der Waals surface area (Å²) in [6.07, 6.45) is 5.04. The molecular formula is C23H31N5O2SSi. The topological polar surface area (TPSA) is 74.1 Å². The minimum absolute atomic E-state index is 0.341. The van der Waals surface area contributed by atoms with E-state index in [4.69, 9.17) is 9.47 Å². The van der Waals surface area contributed by atoms with E-state index in [9.17, 15) is 0 Å². The van der Waals surface area contributed by atoms with Gasteiger partial charge < -0.3 is 14.8 Å². The lowest BCUT2D eigenvalue weighted by Gasteiger charge is -2.18. The Bertz CT molecular complexity index is 1100. The maximum atomic E-state index is 5.92. The Hall–Kier alpha value is -2.36. The van der Waals surface area contributed by atoms with Crippen LogP contribution >= 0.6 is 12.6 Å². The van der Waals surface area contributed by atoms with E-state index in [1.165, 1.54) is 11.1 Å². The number of nitrogens with one attached hydrogen (secondary N) is 1. The summed E-state index contributed by atoms with van der Waals surface area (Å²) in [5.41, 5.74) is 5.88. The number of rotatable bonds is 9. The number of hydrogen-bond donors (Lipinski definition) is 2. The van der Waals surface area contributed by atoms with Gasteiger partial charge in [-0.3, -0.25) is 0 Å². The van der Waals surface area contributed by atoms with Crippen molar-refractivity contribution in [1.82, 2.24) is 19.7 Å². The molecule has 0 saturated heterocycles. The van der Waals surface area contributed by atoms with Gasteiger partial charge in [-0.15, -0.1) is 17.7 Å². The van der Waals surface area contributed by atoms with Crippen LogP contribution in [0.5, 0.6) is 5.88 Å². The quantitative estimate of drug-likeness (QED) is 0.255. The first-order valence-corrected chi connectivity index (χ1v) is 15.1. The van der Waals surface area contributed by atoms with Crippen molar-refractivity contribution in [2.24, 2.45) is 0 Å². The van der Waals surface area contributed by atoms with E-state index >= 15 is 0 Å². The molecule has 3 aromatic rings. The lowest BCUT2D eigenvalue weighted by molar-refractivity contribution is 0.0792. The molecule has 7 nitrogen and oxygen atoms in total. The van der Waals surface area contributed by atoms with E-state index < -0.39 is 8.07 Å². The Labute approximate surface area is 196 Å². The molecule has 1 aliphatic carbocycles. The summed E-state index contributed by atoms with van der Waals surface area (Å²) in [5, 5.41) is 8.41. The molecule has 0 aliphatic heterocycles. The van der Waals surface area contributed by atoms with Crippen LogP contribution in [0.2, 0.25) is 25.7 Å². The number of aryl methyl sites for hydroxylation is 1. The van der Waals surface area contributed by atoms with Crippen LogP contribution in [0.15, 0.2) is 35.6 Å². The number of methoxy groups -OCH3 is 1. The largest absolute Gasteiger partial charge is 0.481 e. The van der Waals surface area contributed by atoms with Gasteiger partial charge in [-0.05, 0) is 48.1 Å². The van der Waals surface area contributed by atoms with Crippen LogP contribution in [0.3, 0.4) is 0 Å². The lowest BCUT2D eigenvalue weighted by atomic mass is 9.98. The Balaban J connectivity index is 1.64. The predicted molar refractivity (Wildman–Crippen MR) is 133 cm³/mol. The molecule has 1 aliphatic rings. The van der Waals surface area contributed by atoms with Gasteiger partial charge in [-0.25, -0.2) is 9.67 Å². The third kappa shape index (κ3) is 5.33. The molecule has 9 heteroatoms. The zero-order valence-corrected chi connectivity index (χ0v) is 21.1. The van der Waals surface area contributed by atoms with Gasteiger partial charge in [-0.2, -0.15) is 4.98 Å². The number of nitrogens with zero attached hydrogens (tertiary/aromatic N) is 4. The van der Waals surface area contributed by atoms with Crippen molar-refractivity contribution in [2.45, 2.75) is 56.8 Å². The minimum Gasteiger partial charge on any atom is -0.481 e. The Kier molecular flexibility index (Phi) is 6.87. The Morgan fingerprint density at radius 3 is 2.81 bits per heavy atom. The summed E-state index contributed by atoms with van der Waals surface area (Å²) in [7, 11) is 0.486. The molecule has 32 heavy (non-hydrogen) atoms. The summed E-state index contributed by atoms with van der Waals surface area (Å²) in [6.45, 7) is 8.09. The van der Waals surface area contributed by atoms with E-state index in [-0.39, 0.29) is 0 Å². The summed E-state index contributed by atoms with van der Waals surface area (Å²) in [6, 6.07) is 9.45. The molecular weight excluding hydrogens is 438 g/mol. The van der Waals surface area contributed by atoms with E-state index in [1.54, 1.807) is 18.0 Å². The van der Waals surface area contributed by atoms with Gasteiger partial charge in [0.05, 0.1) is 12.8 Å². The molecule has 170 valence electrons. The number of benzene rings is 1. The third-order valence-electron chi connectivity index (χ3n) is 5.65. The number of hydrogen-bond acceptors (Lipinski definition) is 7. The van der Waals surface area contributed by atoms with Crippen molar-refractivity contribution in [3.05, 3.63) is 41.6 Å². The summed E-state index contributed by atoms with van der Waals surface area (Å²) in [4.78, 5) is 8.78. The van der Waals surface area contributed by atoms with Crippen LogP contribution < -0.4 is 10.1 Å². The molecule has 2 aromatic heterocycles.